The van der Waals surface area contributed by atoms with Gasteiger partial charge in [-0.1, -0.05) is 17.7 Å². The third kappa shape index (κ3) is 4.59. The van der Waals surface area contributed by atoms with Gasteiger partial charge in [-0.05, 0) is 49.7 Å². The highest BCUT2D eigenvalue weighted by atomic mass is 16.5. The zero-order chi connectivity index (χ0) is 17.7. The van der Waals surface area contributed by atoms with Crippen molar-refractivity contribution < 1.29 is 14.3 Å². The molecule has 2 rings (SSSR count). The second kappa shape index (κ2) is 7.64. The molecule has 0 aliphatic rings. The molecule has 0 bridgehead atoms. The van der Waals surface area contributed by atoms with E-state index in [1.807, 2.05) is 32.0 Å². The number of carbonyl (C=O) groups is 2. The molecule has 1 N–H and O–H groups in total. The Bertz CT molecular complexity index is 737. The van der Waals surface area contributed by atoms with Crippen molar-refractivity contribution in [2.45, 2.75) is 13.8 Å². The number of rotatable bonds is 5. The first-order valence-electron chi connectivity index (χ1n) is 7.68. The maximum absolute atomic E-state index is 12.0. The topological polar surface area (TPSA) is 58.6 Å². The molecule has 2 amide bonds. The highest BCUT2D eigenvalue weighted by molar-refractivity contribution is 5.95. The number of carbonyl (C=O) groups excluding carboxylic acids is 2. The average molecular weight is 326 g/mol. The monoisotopic (exact) mass is 326 g/mol. The minimum absolute atomic E-state index is 0.0672. The molecule has 0 saturated heterocycles. The van der Waals surface area contributed by atoms with Crippen LogP contribution in [0.1, 0.15) is 21.5 Å². The summed E-state index contributed by atoms with van der Waals surface area (Å²) in [6, 6.07) is 12.6. The Kier molecular flexibility index (Phi) is 5.58. The number of nitrogens with one attached hydrogen (secondary N) is 1. The Hall–Kier alpha value is -2.82. The van der Waals surface area contributed by atoms with Crippen LogP contribution in [0.4, 0.5) is 5.69 Å². The van der Waals surface area contributed by atoms with Crippen LogP contribution in [-0.2, 0) is 4.79 Å². The second-order valence-corrected chi connectivity index (χ2v) is 5.88. The van der Waals surface area contributed by atoms with Gasteiger partial charge in [0.1, 0.15) is 5.75 Å². The molecule has 5 nitrogen and oxygen atoms in total. The molecule has 0 spiro atoms. The van der Waals surface area contributed by atoms with Gasteiger partial charge in [-0.15, -0.1) is 0 Å². The van der Waals surface area contributed by atoms with E-state index in [9.17, 15) is 9.59 Å². The molecule has 0 aliphatic carbocycles. The quantitative estimate of drug-likeness (QED) is 0.919. The lowest BCUT2D eigenvalue weighted by molar-refractivity contribution is -0.118. The first kappa shape index (κ1) is 17.5. The van der Waals surface area contributed by atoms with E-state index < -0.39 is 0 Å². The van der Waals surface area contributed by atoms with E-state index in [1.54, 1.807) is 38.4 Å². The summed E-state index contributed by atoms with van der Waals surface area (Å²) in [6.45, 7) is 3.89. The van der Waals surface area contributed by atoms with Crippen LogP contribution < -0.4 is 10.1 Å². The summed E-state index contributed by atoms with van der Waals surface area (Å²) < 4.78 is 5.55. The fraction of sp³-hybridized carbons (Fsp3) is 0.263. The van der Waals surface area contributed by atoms with Crippen LogP contribution in [0.3, 0.4) is 0 Å². The van der Waals surface area contributed by atoms with Gasteiger partial charge >= 0.3 is 0 Å². The van der Waals surface area contributed by atoms with Gasteiger partial charge in [0, 0.05) is 25.3 Å². The van der Waals surface area contributed by atoms with Crippen LogP contribution >= 0.6 is 0 Å². The molecule has 5 heteroatoms. The Morgan fingerprint density at radius 3 is 2.29 bits per heavy atom. The van der Waals surface area contributed by atoms with Crippen LogP contribution in [0.15, 0.2) is 42.5 Å². The minimum Gasteiger partial charge on any atom is -0.483 e. The van der Waals surface area contributed by atoms with Crippen molar-refractivity contribution in [3.63, 3.8) is 0 Å². The highest BCUT2D eigenvalue weighted by Crippen LogP contribution is 2.18. The number of benzene rings is 2. The lowest BCUT2D eigenvalue weighted by Gasteiger charge is -2.12. The Morgan fingerprint density at radius 1 is 1.04 bits per heavy atom. The summed E-state index contributed by atoms with van der Waals surface area (Å²) in [5.74, 6) is 0.371. The summed E-state index contributed by atoms with van der Waals surface area (Å²) in [5, 5.41) is 2.75. The van der Waals surface area contributed by atoms with Crippen molar-refractivity contribution in [1.82, 2.24) is 4.90 Å². The molecule has 0 atom stereocenters. The smallest absolute Gasteiger partial charge is 0.262 e. The minimum atomic E-state index is -0.248. The standard InChI is InChI=1S/C19H22N2O3/c1-13-5-10-17(14(2)11-13)24-12-18(22)20-16-8-6-15(7-9-16)19(23)21(3)4/h5-11H,12H2,1-4H3,(H,20,22). The molecule has 2 aromatic rings. The first-order valence-corrected chi connectivity index (χ1v) is 7.68. The Balaban J connectivity index is 1.91. The number of nitrogens with zero attached hydrogens (tertiary/aromatic N) is 1. The number of aryl methyl sites for hydroxylation is 2. The molecule has 126 valence electrons. The molecule has 24 heavy (non-hydrogen) atoms. The van der Waals surface area contributed by atoms with Gasteiger partial charge in [-0.3, -0.25) is 9.59 Å². The molecule has 0 unspecified atom stereocenters. The first-order chi connectivity index (χ1) is 11.4. The third-order valence-electron chi connectivity index (χ3n) is 3.51. The van der Waals surface area contributed by atoms with Crippen LogP contribution in [0.25, 0.3) is 0 Å². The van der Waals surface area contributed by atoms with Gasteiger partial charge in [0.05, 0.1) is 0 Å². The van der Waals surface area contributed by atoms with Crippen LogP contribution in [-0.4, -0.2) is 37.4 Å². The summed E-state index contributed by atoms with van der Waals surface area (Å²) in [5.41, 5.74) is 3.34. The zero-order valence-electron chi connectivity index (χ0n) is 14.4. The lowest BCUT2D eigenvalue weighted by atomic mass is 10.1. The van der Waals surface area contributed by atoms with Gasteiger partial charge in [-0.2, -0.15) is 0 Å². The van der Waals surface area contributed by atoms with Crippen molar-refractivity contribution in [3.8, 4) is 5.75 Å². The summed E-state index contributed by atoms with van der Waals surface area (Å²) in [7, 11) is 3.39. The predicted octanol–water partition coefficient (Wildman–Crippen LogP) is 3.02. The zero-order valence-corrected chi connectivity index (χ0v) is 14.4. The molecule has 0 aromatic heterocycles. The molecule has 0 aliphatic heterocycles. The van der Waals surface area contributed by atoms with Crippen LogP contribution in [0.2, 0.25) is 0 Å². The van der Waals surface area contributed by atoms with E-state index in [0.29, 0.717) is 17.0 Å². The fourth-order valence-electron chi connectivity index (χ4n) is 2.26. The lowest BCUT2D eigenvalue weighted by Crippen LogP contribution is -2.22. The SMILES string of the molecule is Cc1ccc(OCC(=O)Nc2ccc(C(=O)N(C)C)cc2)c(C)c1. The maximum Gasteiger partial charge on any atom is 0.262 e. The van der Waals surface area contributed by atoms with Crippen molar-refractivity contribution in [1.29, 1.82) is 0 Å². The maximum atomic E-state index is 12.0. The molecule has 0 fully saturated rings. The van der Waals surface area contributed by atoms with Crippen molar-refractivity contribution in [2.24, 2.45) is 0 Å². The van der Waals surface area contributed by atoms with E-state index >= 15 is 0 Å². The van der Waals surface area contributed by atoms with Crippen molar-refractivity contribution in [3.05, 3.63) is 59.2 Å². The van der Waals surface area contributed by atoms with E-state index in [4.69, 9.17) is 4.74 Å². The number of anilines is 1. The summed E-state index contributed by atoms with van der Waals surface area (Å²) >= 11 is 0. The van der Waals surface area contributed by atoms with Gasteiger partial charge in [-0.25, -0.2) is 0 Å². The number of hydrogen-bond donors (Lipinski definition) is 1. The number of hydrogen-bond acceptors (Lipinski definition) is 3. The normalized spacial score (nSPS) is 10.2. The van der Waals surface area contributed by atoms with Gasteiger partial charge < -0.3 is 15.0 Å². The molecule has 0 saturated carbocycles. The summed E-state index contributed by atoms with van der Waals surface area (Å²) in [4.78, 5) is 25.3. The number of ether oxygens (including phenoxy) is 1. The Morgan fingerprint density at radius 2 is 1.71 bits per heavy atom. The molecular weight excluding hydrogens is 304 g/mol. The van der Waals surface area contributed by atoms with Crippen molar-refractivity contribution >= 4 is 17.5 Å². The van der Waals surface area contributed by atoms with Gasteiger partial charge in [0.15, 0.2) is 6.61 Å². The third-order valence-corrected chi connectivity index (χ3v) is 3.51. The van der Waals surface area contributed by atoms with Crippen molar-refractivity contribution in [2.75, 3.05) is 26.0 Å². The van der Waals surface area contributed by atoms with E-state index in [-0.39, 0.29) is 18.4 Å². The number of amides is 2. The fourth-order valence-corrected chi connectivity index (χ4v) is 2.26. The molecular formula is C19H22N2O3. The van der Waals surface area contributed by atoms with E-state index in [0.717, 1.165) is 11.1 Å². The molecule has 2 aromatic carbocycles. The van der Waals surface area contributed by atoms with Crippen LogP contribution in [0.5, 0.6) is 5.75 Å². The Labute approximate surface area is 142 Å². The molecule has 0 radical (unpaired) electrons. The van der Waals surface area contributed by atoms with Gasteiger partial charge in [0.25, 0.3) is 11.8 Å². The second-order valence-electron chi connectivity index (χ2n) is 5.88. The predicted molar refractivity (Wildman–Crippen MR) is 94.5 cm³/mol. The van der Waals surface area contributed by atoms with Gasteiger partial charge in [0.2, 0.25) is 0 Å². The van der Waals surface area contributed by atoms with E-state index in [1.165, 1.54) is 4.90 Å². The van der Waals surface area contributed by atoms with E-state index in [2.05, 4.69) is 5.32 Å². The highest BCUT2D eigenvalue weighted by Gasteiger charge is 2.09. The largest absolute Gasteiger partial charge is 0.483 e. The van der Waals surface area contributed by atoms with Crippen LogP contribution in [0, 0.1) is 13.8 Å². The summed E-state index contributed by atoms with van der Waals surface area (Å²) in [6.07, 6.45) is 0. The molecule has 0 heterocycles. The average Bonchev–Trinajstić information content (AvgIpc) is 2.54.